The van der Waals surface area contributed by atoms with Gasteiger partial charge in [0.15, 0.2) is 9.84 Å². The summed E-state index contributed by atoms with van der Waals surface area (Å²) in [6.45, 7) is 0.0607. The molecule has 2 aromatic rings. The lowest BCUT2D eigenvalue weighted by molar-refractivity contribution is -0.121. The number of anilines is 1. The summed E-state index contributed by atoms with van der Waals surface area (Å²) in [5.41, 5.74) is 0.676. The Bertz CT molecular complexity index is 932. The number of sulfone groups is 1. The average molecular weight is 444 g/mol. The summed E-state index contributed by atoms with van der Waals surface area (Å²) in [5.74, 6) is -3.10. The fraction of sp³-hybridized carbons (Fsp3) is 0.278. The smallest absolute Gasteiger partial charge is 0.231 e. The van der Waals surface area contributed by atoms with E-state index in [1.54, 1.807) is 24.3 Å². The molecular formula is C18H16BrF2NO3S. The van der Waals surface area contributed by atoms with Crippen molar-refractivity contribution in [2.45, 2.75) is 13.0 Å². The molecule has 0 bridgehead atoms. The molecule has 1 heterocycles. The maximum atomic E-state index is 14.3. The molecule has 8 heteroatoms. The van der Waals surface area contributed by atoms with Crippen LogP contribution in [0.3, 0.4) is 0 Å². The van der Waals surface area contributed by atoms with Gasteiger partial charge in [-0.2, -0.15) is 0 Å². The number of nitrogens with zero attached hydrogens (tertiary/aromatic N) is 1. The van der Waals surface area contributed by atoms with Gasteiger partial charge >= 0.3 is 0 Å². The van der Waals surface area contributed by atoms with Crippen LogP contribution in [0.15, 0.2) is 46.9 Å². The van der Waals surface area contributed by atoms with E-state index in [1.807, 2.05) is 0 Å². The third-order valence-electron chi connectivity index (χ3n) is 4.30. The lowest BCUT2D eigenvalue weighted by atomic mass is 10.1. The summed E-state index contributed by atoms with van der Waals surface area (Å²) in [7, 11) is -3.26. The number of amides is 1. The van der Waals surface area contributed by atoms with Gasteiger partial charge in [0.25, 0.3) is 0 Å². The fourth-order valence-electron chi connectivity index (χ4n) is 2.96. The van der Waals surface area contributed by atoms with Crippen LogP contribution in [0.5, 0.6) is 0 Å². The third kappa shape index (κ3) is 4.29. The van der Waals surface area contributed by atoms with Crippen LogP contribution in [-0.2, 0) is 21.2 Å². The Morgan fingerprint density at radius 2 is 1.85 bits per heavy atom. The Morgan fingerprint density at radius 3 is 2.42 bits per heavy atom. The average Bonchev–Trinajstić information content (AvgIpc) is 2.94. The monoisotopic (exact) mass is 443 g/mol. The number of rotatable bonds is 4. The highest BCUT2D eigenvalue weighted by Gasteiger charge is 2.36. The molecule has 138 valence electrons. The number of benzene rings is 2. The molecule has 1 unspecified atom stereocenters. The summed E-state index contributed by atoms with van der Waals surface area (Å²) in [4.78, 5) is 14.1. The second-order valence-corrected chi connectivity index (χ2v) is 9.39. The van der Waals surface area contributed by atoms with Crippen molar-refractivity contribution in [3.8, 4) is 0 Å². The first-order chi connectivity index (χ1) is 12.2. The zero-order chi connectivity index (χ0) is 18.9. The molecule has 1 amide bonds. The Balaban J connectivity index is 1.95. The first-order valence-electron chi connectivity index (χ1n) is 7.96. The molecule has 0 aliphatic carbocycles. The van der Waals surface area contributed by atoms with E-state index in [9.17, 15) is 22.0 Å². The van der Waals surface area contributed by atoms with Crippen LogP contribution in [0.4, 0.5) is 14.5 Å². The minimum atomic E-state index is -3.26. The molecule has 0 aromatic heterocycles. The van der Waals surface area contributed by atoms with Crippen LogP contribution in [0.2, 0.25) is 0 Å². The predicted octanol–water partition coefficient (Wildman–Crippen LogP) is 3.70. The standard InChI is InChI=1S/C18H16BrF2NO3S/c19-14-3-1-12(2-4-14)10-22(17-6-5-15(20)9-16(17)21)18(23)13-7-8-26(24,25)11-13/h1-6,9,13H,7-8,10-11H2. The van der Waals surface area contributed by atoms with Crippen molar-refractivity contribution in [2.24, 2.45) is 5.92 Å². The maximum Gasteiger partial charge on any atom is 0.231 e. The van der Waals surface area contributed by atoms with Gasteiger partial charge < -0.3 is 4.90 Å². The molecule has 1 atom stereocenters. The lowest BCUT2D eigenvalue weighted by Gasteiger charge is -2.26. The van der Waals surface area contributed by atoms with Crippen LogP contribution >= 0.6 is 15.9 Å². The molecule has 1 aliphatic rings. The Hall–Kier alpha value is -1.80. The van der Waals surface area contributed by atoms with Crippen LogP contribution in [0.1, 0.15) is 12.0 Å². The first kappa shape index (κ1) is 19.0. The van der Waals surface area contributed by atoms with Gasteiger partial charge in [-0.15, -0.1) is 0 Å². The Kier molecular flexibility index (Phi) is 5.43. The van der Waals surface area contributed by atoms with Gasteiger partial charge in [-0.1, -0.05) is 28.1 Å². The van der Waals surface area contributed by atoms with Crippen molar-refractivity contribution >= 4 is 37.4 Å². The highest BCUT2D eigenvalue weighted by Crippen LogP contribution is 2.28. The Morgan fingerprint density at radius 1 is 1.15 bits per heavy atom. The van der Waals surface area contributed by atoms with Crippen molar-refractivity contribution in [3.63, 3.8) is 0 Å². The fourth-order valence-corrected chi connectivity index (χ4v) is 4.96. The highest BCUT2D eigenvalue weighted by atomic mass is 79.9. The molecule has 0 saturated carbocycles. The molecule has 1 fully saturated rings. The molecule has 1 saturated heterocycles. The molecule has 26 heavy (non-hydrogen) atoms. The van der Waals surface area contributed by atoms with Gasteiger partial charge in [0.05, 0.1) is 29.7 Å². The van der Waals surface area contributed by atoms with Crippen molar-refractivity contribution in [3.05, 3.63) is 64.1 Å². The maximum absolute atomic E-state index is 14.3. The number of hydrogen-bond donors (Lipinski definition) is 0. The van der Waals surface area contributed by atoms with E-state index >= 15 is 0 Å². The van der Waals surface area contributed by atoms with Crippen molar-refractivity contribution in [2.75, 3.05) is 16.4 Å². The number of hydrogen-bond acceptors (Lipinski definition) is 3. The molecule has 2 aromatic carbocycles. The Labute approximate surface area is 158 Å². The second-order valence-electron chi connectivity index (χ2n) is 6.25. The molecular weight excluding hydrogens is 428 g/mol. The zero-order valence-electron chi connectivity index (χ0n) is 13.7. The quantitative estimate of drug-likeness (QED) is 0.723. The van der Waals surface area contributed by atoms with E-state index in [4.69, 9.17) is 0 Å². The SMILES string of the molecule is O=C(C1CCS(=O)(=O)C1)N(Cc1ccc(Br)cc1)c1ccc(F)cc1F. The summed E-state index contributed by atoms with van der Waals surface area (Å²) in [6.07, 6.45) is 0.209. The van der Waals surface area contributed by atoms with Gasteiger partial charge in [-0.25, -0.2) is 17.2 Å². The van der Waals surface area contributed by atoms with Gasteiger partial charge in [-0.3, -0.25) is 4.79 Å². The van der Waals surface area contributed by atoms with E-state index in [0.717, 1.165) is 16.1 Å². The molecule has 3 rings (SSSR count). The van der Waals surface area contributed by atoms with Gasteiger partial charge in [0, 0.05) is 10.5 Å². The number of halogens is 3. The largest absolute Gasteiger partial charge is 0.305 e. The van der Waals surface area contributed by atoms with Gasteiger partial charge in [0.1, 0.15) is 11.6 Å². The van der Waals surface area contributed by atoms with E-state index in [-0.39, 0.29) is 30.2 Å². The second kappa shape index (κ2) is 7.44. The number of carbonyl (C=O) groups is 1. The van der Waals surface area contributed by atoms with Crippen LogP contribution in [-0.4, -0.2) is 25.8 Å². The van der Waals surface area contributed by atoms with Crippen LogP contribution in [0, 0.1) is 17.6 Å². The minimum Gasteiger partial charge on any atom is -0.305 e. The summed E-state index contributed by atoms with van der Waals surface area (Å²) in [5, 5.41) is 0. The molecule has 0 N–H and O–H groups in total. The van der Waals surface area contributed by atoms with Crippen LogP contribution < -0.4 is 4.90 Å². The highest BCUT2D eigenvalue weighted by molar-refractivity contribution is 9.10. The zero-order valence-corrected chi connectivity index (χ0v) is 16.1. The van der Waals surface area contributed by atoms with Gasteiger partial charge in [0.2, 0.25) is 5.91 Å². The minimum absolute atomic E-state index is 0.0541. The lowest BCUT2D eigenvalue weighted by Crippen LogP contribution is -2.37. The van der Waals surface area contributed by atoms with Crippen LogP contribution in [0.25, 0.3) is 0 Å². The summed E-state index contributed by atoms with van der Waals surface area (Å²) < 4.78 is 51.8. The first-order valence-corrected chi connectivity index (χ1v) is 10.6. The molecule has 0 spiro atoms. The third-order valence-corrected chi connectivity index (χ3v) is 6.60. The van der Waals surface area contributed by atoms with Crippen molar-refractivity contribution < 1.29 is 22.0 Å². The van der Waals surface area contributed by atoms with Gasteiger partial charge in [-0.05, 0) is 36.2 Å². The van der Waals surface area contributed by atoms with E-state index in [1.165, 1.54) is 11.0 Å². The van der Waals surface area contributed by atoms with E-state index < -0.39 is 33.3 Å². The summed E-state index contributed by atoms with van der Waals surface area (Å²) >= 11 is 3.32. The normalized spacial score (nSPS) is 18.7. The van der Waals surface area contributed by atoms with Crippen molar-refractivity contribution in [1.82, 2.24) is 0 Å². The van der Waals surface area contributed by atoms with E-state index in [0.29, 0.717) is 6.07 Å². The molecule has 4 nitrogen and oxygen atoms in total. The number of carbonyl (C=O) groups excluding carboxylic acids is 1. The van der Waals surface area contributed by atoms with Crippen molar-refractivity contribution in [1.29, 1.82) is 0 Å². The van der Waals surface area contributed by atoms with E-state index in [2.05, 4.69) is 15.9 Å². The predicted molar refractivity (Wildman–Crippen MR) is 98.5 cm³/mol. The molecule has 1 aliphatic heterocycles. The topological polar surface area (TPSA) is 54.5 Å². The summed E-state index contributed by atoms with van der Waals surface area (Å²) in [6, 6.07) is 10.1. The molecule has 0 radical (unpaired) electrons.